The van der Waals surface area contributed by atoms with Crippen LogP contribution >= 0.6 is 15.9 Å². The fraction of sp³-hybridized carbons (Fsp3) is 0.500. The molecule has 1 aromatic carbocycles. The molecule has 4 heteroatoms. The van der Waals surface area contributed by atoms with Crippen LogP contribution in [0.4, 0.5) is 8.78 Å². The summed E-state index contributed by atoms with van der Waals surface area (Å²) in [6, 6.07) is 2.49. The van der Waals surface area contributed by atoms with Gasteiger partial charge in [-0.15, -0.1) is 0 Å². The minimum Gasteiger partial charge on any atom is -0.377 e. The number of ether oxygens (including phenoxy) is 1. The molecule has 0 N–H and O–H groups in total. The van der Waals surface area contributed by atoms with E-state index in [1.165, 1.54) is 0 Å². The van der Waals surface area contributed by atoms with Crippen molar-refractivity contribution in [3.63, 3.8) is 0 Å². The van der Waals surface area contributed by atoms with E-state index in [0.717, 1.165) is 18.9 Å². The van der Waals surface area contributed by atoms with Gasteiger partial charge in [0.05, 0.1) is 10.9 Å². The van der Waals surface area contributed by atoms with Gasteiger partial charge in [0.1, 0.15) is 11.6 Å². The average Bonchev–Trinajstić information content (AvgIpc) is 2.75. The molecule has 0 spiro atoms. The summed E-state index contributed by atoms with van der Waals surface area (Å²) in [5.74, 6) is -1.02. The summed E-state index contributed by atoms with van der Waals surface area (Å²) < 4.78 is 32.2. The minimum atomic E-state index is -0.513. The summed E-state index contributed by atoms with van der Waals surface area (Å²) in [7, 11) is 0. The van der Waals surface area contributed by atoms with E-state index in [1.807, 2.05) is 0 Å². The molecule has 1 nitrogen and oxygen atoms in total. The molecule has 2 atom stereocenters. The lowest BCUT2D eigenvalue weighted by Gasteiger charge is -2.18. The van der Waals surface area contributed by atoms with Crippen LogP contribution in [0.5, 0.6) is 0 Å². The van der Waals surface area contributed by atoms with Gasteiger partial charge < -0.3 is 4.74 Å². The van der Waals surface area contributed by atoms with Crippen molar-refractivity contribution in [2.75, 3.05) is 6.61 Å². The zero-order chi connectivity index (χ0) is 11.7. The number of alkyl halides is 1. The SMILES string of the molecule is Cc1cc(C(Br)C2CCCO2)c(F)cc1F. The Morgan fingerprint density at radius 2 is 2.12 bits per heavy atom. The third kappa shape index (κ3) is 2.28. The lowest BCUT2D eigenvalue weighted by atomic mass is 10.0. The molecular formula is C12H13BrF2O. The Kier molecular flexibility index (Phi) is 3.60. The monoisotopic (exact) mass is 290 g/mol. The molecule has 1 heterocycles. The van der Waals surface area contributed by atoms with E-state index in [1.54, 1.807) is 13.0 Å². The predicted molar refractivity (Wildman–Crippen MR) is 61.7 cm³/mol. The third-order valence-corrected chi connectivity index (χ3v) is 3.95. The van der Waals surface area contributed by atoms with E-state index >= 15 is 0 Å². The number of hydrogen-bond acceptors (Lipinski definition) is 1. The maximum absolute atomic E-state index is 13.6. The number of rotatable bonds is 2. The standard InChI is InChI=1S/C12H13BrF2O/c1-7-5-8(10(15)6-9(7)14)12(13)11-3-2-4-16-11/h5-6,11-12H,2-4H2,1H3. The molecular weight excluding hydrogens is 278 g/mol. The van der Waals surface area contributed by atoms with Crippen LogP contribution in [0, 0.1) is 18.6 Å². The smallest absolute Gasteiger partial charge is 0.130 e. The Labute approximate surface area is 102 Å². The average molecular weight is 291 g/mol. The van der Waals surface area contributed by atoms with Crippen LogP contribution in [0.3, 0.4) is 0 Å². The number of hydrogen-bond donors (Lipinski definition) is 0. The second-order valence-electron chi connectivity index (χ2n) is 4.08. The van der Waals surface area contributed by atoms with E-state index < -0.39 is 11.6 Å². The molecule has 2 rings (SSSR count). The first-order valence-corrected chi connectivity index (χ1v) is 6.22. The fourth-order valence-electron chi connectivity index (χ4n) is 1.92. The normalized spacial score (nSPS) is 22.4. The molecule has 0 aromatic heterocycles. The number of aryl methyl sites for hydroxylation is 1. The summed E-state index contributed by atoms with van der Waals surface area (Å²) in [6.07, 6.45) is 1.89. The summed E-state index contributed by atoms with van der Waals surface area (Å²) in [6.45, 7) is 2.35. The first-order chi connectivity index (χ1) is 7.59. The van der Waals surface area contributed by atoms with Crippen LogP contribution < -0.4 is 0 Å². The topological polar surface area (TPSA) is 9.23 Å². The van der Waals surface area contributed by atoms with E-state index in [9.17, 15) is 8.78 Å². The summed E-state index contributed by atoms with van der Waals surface area (Å²) in [5.41, 5.74) is 0.935. The van der Waals surface area contributed by atoms with Gasteiger partial charge in [-0.25, -0.2) is 8.78 Å². The fourth-order valence-corrected chi connectivity index (χ4v) is 2.69. The molecule has 1 aliphatic rings. The molecule has 2 unspecified atom stereocenters. The first-order valence-electron chi connectivity index (χ1n) is 5.31. The first kappa shape index (κ1) is 12.0. The van der Waals surface area contributed by atoms with Crippen molar-refractivity contribution < 1.29 is 13.5 Å². The van der Waals surface area contributed by atoms with Crippen LogP contribution in [-0.4, -0.2) is 12.7 Å². The summed E-state index contributed by atoms with van der Waals surface area (Å²) in [5, 5.41) is 0. The minimum absolute atomic E-state index is 0.0145. The van der Waals surface area contributed by atoms with Crippen molar-refractivity contribution in [3.8, 4) is 0 Å². The third-order valence-electron chi connectivity index (χ3n) is 2.87. The van der Waals surface area contributed by atoms with Crippen molar-refractivity contribution >= 4 is 15.9 Å². The van der Waals surface area contributed by atoms with Crippen molar-refractivity contribution in [1.29, 1.82) is 0 Å². The second kappa shape index (κ2) is 4.80. The molecule has 1 aliphatic heterocycles. The zero-order valence-electron chi connectivity index (χ0n) is 8.97. The lowest BCUT2D eigenvalue weighted by Crippen LogP contribution is -2.14. The predicted octanol–water partition coefficient (Wildman–Crippen LogP) is 3.89. The Balaban J connectivity index is 2.28. The van der Waals surface area contributed by atoms with Crippen molar-refractivity contribution in [2.45, 2.75) is 30.7 Å². The Morgan fingerprint density at radius 1 is 1.38 bits per heavy atom. The van der Waals surface area contributed by atoms with Crippen LogP contribution in [0.15, 0.2) is 12.1 Å². The van der Waals surface area contributed by atoms with Crippen molar-refractivity contribution in [2.24, 2.45) is 0 Å². The van der Waals surface area contributed by atoms with Crippen LogP contribution in [-0.2, 0) is 4.74 Å². The molecule has 0 amide bonds. The van der Waals surface area contributed by atoms with Gasteiger partial charge in [0.25, 0.3) is 0 Å². The highest BCUT2D eigenvalue weighted by Crippen LogP contribution is 2.35. The number of benzene rings is 1. The van der Waals surface area contributed by atoms with E-state index in [2.05, 4.69) is 15.9 Å². The van der Waals surface area contributed by atoms with Gasteiger partial charge in [-0.1, -0.05) is 15.9 Å². The Hall–Kier alpha value is -0.480. The molecule has 1 saturated heterocycles. The summed E-state index contributed by atoms with van der Waals surface area (Å²) >= 11 is 3.43. The quantitative estimate of drug-likeness (QED) is 0.751. The molecule has 0 bridgehead atoms. The second-order valence-corrected chi connectivity index (χ2v) is 5.06. The lowest BCUT2D eigenvalue weighted by molar-refractivity contribution is 0.110. The van der Waals surface area contributed by atoms with Gasteiger partial charge in [-0.2, -0.15) is 0 Å². The highest BCUT2D eigenvalue weighted by atomic mass is 79.9. The number of halogens is 3. The molecule has 0 radical (unpaired) electrons. The van der Waals surface area contributed by atoms with Crippen LogP contribution in [0.25, 0.3) is 0 Å². The highest BCUT2D eigenvalue weighted by Gasteiger charge is 2.27. The Bertz CT molecular complexity index is 389. The molecule has 16 heavy (non-hydrogen) atoms. The highest BCUT2D eigenvalue weighted by molar-refractivity contribution is 9.09. The zero-order valence-corrected chi connectivity index (χ0v) is 10.6. The molecule has 1 aromatic rings. The molecule has 88 valence electrons. The molecule has 0 saturated carbocycles. The van der Waals surface area contributed by atoms with E-state index in [0.29, 0.717) is 17.7 Å². The van der Waals surface area contributed by atoms with Crippen molar-refractivity contribution in [3.05, 3.63) is 34.9 Å². The largest absolute Gasteiger partial charge is 0.377 e. The van der Waals surface area contributed by atoms with E-state index in [4.69, 9.17) is 4.74 Å². The van der Waals surface area contributed by atoms with Gasteiger partial charge in [0, 0.05) is 18.2 Å². The molecule has 1 fully saturated rings. The molecule has 0 aliphatic carbocycles. The van der Waals surface area contributed by atoms with Gasteiger partial charge >= 0.3 is 0 Å². The summed E-state index contributed by atoms with van der Waals surface area (Å²) in [4.78, 5) is -0.200. The van der Waals surface area contributed by atoms with Gasteiger partial charge in [-0.3, -0.25) is 0 Å². The van der Waals surface area contributed by atoms with Crippen LogP contribution in [0.1, 0.15) is 28.8 Å². The van der Waals surface area contributed by atoms with Gasteiger partial charge in [0.2, 0.25) is 0 Å². The maximum atomic E-state index is 13.6. The van der Waals surface area contributed by atoms with Gasteiger partial charge in [0.15, 0.2) is 0 Å². The maximum Gasteiger partial charge on any atom is 0.130 e. The Morgan fingerprint density at radius 3 is 2.75 bits per heavy atom. The van der Waals surface area contributed by atoms with Gasteiger partial charge in [-0.05, 0) is 31.4 Å². The van der Waals surface area contributed by atoms with E-state index in [-0.39, 0.29) is 10.9 Å². The van der Waals surface area contributed by atoms with Crippen molar-refractivity contribution in [1.82, 2.24) is 0 Å². The van der Waals surface area contributed by atoms with Crippen LogP contribution in [0.2, 0.25) is 0 Å².